The van der Waals surface area contributed by atoms with Crippen LogP contribution in [-0.4, -0.2) is 44.0 Å². The highest BCUT2D eigenvalue weighted by Crippen LogP contribution is 2.25. The van der Waals surface area contributed by atoms with E-state index < -0.39 is 29.0 Å². The van der Waals surface area contributed by atoms with Crippen LogP contribution in [0.15, 0.2) is 30.3 Å². The molecule has 0 bridgehead atoms. The number of carbonyl (C=O) groups is 2. The van der Waals surface area contributed by atoms with Gasteiger partial charge in [0, 0.05) is 12.1 Å². The highest BCUT2D eigenvalue weighted by Gasteiger charge is 2.21. The Labute approximate surface area is 172 Å². The maximum atomic E-state index is 13.8. The topological polar surface area (TPSA) is 67.9 Å². The summed E-state index contributed by atoms with van der Waals surface area (Å²) in [4.78, 5) is 26.4. The standard InChI is InChI=1S/C21H23F3N2O4/c1-4-9-26(12-18(27)25-16-7-6-15(22)20(23)21(16)24)19(28)11-13-10-14(29-2)5-8-17(13)30-3/h5-8,10H,4,9,11-12H2,1-3H3,(H,25,27). The summed E-state index contributed by atoms with van der Waals surface area (Å²) in [7, 11) is 2.97. The second-order valence-electron chi connectivity index (χ2n) is 6.44. The van der Waals surface area contributed by atoms with Gasteiger partial charge in [0.2, 0.25) is 11.8 Å². The molecule has 1 N–H and O–H groups in total. The summed E-state index contributed by atoms with van der Waals surface area (Å²) in [6, 6.07) is 6.65. The van der Waals surface area contributed by atoms with Gasteiger partial charge in [-0.15, -0.1) is 0 Å². The minimum absolute atomic E-state index is 0.0484. The molecule has 0 aliphatic rings. The number of nitrogens with one attached hydrogen (secondary N) is 1. The number of anilines is 1. The molecule has 2 amide bonds. The molecule has 6 nitrogen and oxygen atoms in total. The fraction of sp³-hybridized carbons (Fsp3) is 0.333. The molecule has 0 aliphatic carbocycles. The molecule has 0 heterocycles. The van der Waals surface area contributed by atoms with Crippen LogP contribution in [-0.2, 0) is 16.0 Å². The lowest BCUT2D eigenvalue weighted by molar-refractivity contribution is -0.134. The average molecular weight is 424 g/mol. The maximum Gasteiger partial charge on any atom is 0.244 e. The number of nitrogens with zero attached hydrogens (tertiary/aromatic N) is 1. The van der Waals surface area contributed by atoms with E-state index >= 15 is 0 Å². The van der Waals surface area contributed by atoms with Crippen LogP contribution in [0.25, 0.3) is 0 Å². The summed E-state index contributed by atoms with van der Waals surface area (Å²) in [6.45, 7) is 1.73. The lowest BCUT2D eigenvalue weighted by Gasteiger charge is -2.22. The smallest absolute Gasteiger partial charge is 0.244 e. The third-order valence-electron chi connectivity index (χ3n) is 4.32. The van der Waals surface area contributed by atoms with Crippen molar-refractivity contribution in [2.24, 2.45) is 0 Å². The van der Waals surface area contributed by atoms with Gasteiger partial charge in [-0.3, -0.25) is 9.59 Å². The van der Waals surface area contributed by atoms with Crippen molar-refractivity contribution in [2.75, 3.05) is 32.6 Å². The molecule has 0 radical (unpaired) electrons. The third kappa shape index (κ3) is 5.65. The number of amides is 2. The number of benzene rings is 2. The number of methoxy groups -OCH3 is 2. The predicted octanol–water partition coefficient (Wildman–Crippen LogP) is 3.54. The van der Waals surface area contributed by atoms with E-state index in [1.165, 1.54) is 19.1 Å². The molecule has 0 atom stereocenters. The molecule has 0 saturated carbocycles. The first kappa shape index (κ1) is 23.1. The van der Waals surface area contributed by atoms with Gasteiger partial charge in [-0.25, -0.2) is 13.2 Å². The zero-order chi connectivity index (χ0) is 22.3. The lowest BCUT2D eigenvalue weighted by Crippen LogP contribution is -2.39. The van der Waals surface area contributed by atoms with Gasteiger partial charge in [0.1, 0.15) is 11.5 Å². The first-order valence-corrected chi connectivity index (χ1v) is 9.22. The van der Waals surface area contributed by atoms with E-state index in [-0.39, 0.29) is 25.4 Å². The molecule has 0 aromatic heterocycles. The Balaban J connectivity index is 2.12. The van der Waals surface area contributed by atoms with E-state index in [1.54, 1.807) is 18.2 Å². The number of hydrogen-bond acceptors (Lipinski definition) is 4. The molecule has 9 heteroatoms. The van der Waals surface area contributed by atoms with E-state index in [0.29, 0.717) is 29.5 Å². The Morgan fingerprint density at radius 1 is 1.03 bits per heavy atom. The summed E-state index contributed by atoms with van der Waals surface area (Å²) in [5.74, 6) is -4.59. The number of hydrogen-bond donors (Lipinski definition) is 1. The lowest BCUT2D eigenvalue weighted by atomic mass is 10.1. The third-order valence-corrected chi connectivity index (χ3v) is 4.32. The summed E-state index contributed by atoms with van der Waals surface area (Å²) in [6.07, 6.45) is 0.529. The van der Waals surface area contributed by atoms with Gasteiger partial charge in [-0.2, -0.15) is 0 Å². The Kier molecular flexibility index (Phi) is 8.08. The van der Waals surface area contributed by atoms with Crippen LogP contribution in [0, 0.1) is 17.5 Å². The fourth-order valence-electron chi connectivity index (χ4n) is 2.84. The molecule has 0 spiro atoms. The first-order valence-electron chi connectivity index (χ1n) is 9.22. The van der Waals surface area contributed by atoms with Crippen molar-refractivity contribution in [2.45, 2.75) is 19.8 Å². The van der Waals surface area contributed by atoms with Crippen molar-refractivity contribution in [3.8, 4) is 11.5 Å². The molecule has 162 valence electrons. The average Bonchev–Trinajstić information content (AvgIpc) is 2.73. The largest absolute Gasteiger partial charge is 0.497 e. The maximum absolute atomic E-state index is 13.8. The van der Waals surface area contributed by atoms with Gasteiger partial charge in [-0.1, -0.05) is 6.92 Å². The molecule has 2 aromatic carbocycles. The minimum Gasteiger partial charge on any atom is -0.497 e. The van der Waals surface area contributed by atoms with Crippen molar-refractivity contribution >= 4 is 17.5 Å². The molecule has 2 rings (SSSR count). The van der Waals surface area contributed by atoms with Crippen molar-refractivity contribution in [3.05, 3.63) is 53.3 Å². The molecular weight excluding hydrogens is 401 g/mol. The summed E-state index contributed by atoms with van der Waals surface area (Å²) in [5, 5.41) is 2.17. The minimum atomic E-state index is -1.68. The molecule has 0 unspecified atom stereocenters. The van der Waals surface area contributed by atoms with Crippen LogP contribution >= 0.6 is 0 Å². The van der Waals surface area contributed by atoms with Crippen LogP contribution in [0.1, 0.15) is 18.9 Å². The van der Waals surface area contributed by atoms with E-state index in [4.69, 9.17) is 9.47 Å². The van der Waals surface area contributed by atoms with Gasteiger partial charge in [0.15, 0.2) is 17.5 Å². The van der Waals surface area contributed by atoms with E-state index in [9.17, 15) is 22.8 Å². The van der Waals surface area contributed by atoms with Gasteiger partial charge in [0.25, 0.3) is 0 Å². The molecule has 0 aliphatic heterocycles. The molecule has 0 saturated heterocycles. The summed E-state index contributed by atoms with van der Waals surface area (Å²) < 4.78 is 50.6. The van der Waals surface area contributed by atoms with Crippen molar-refractivity contribution in [3.63, 3.8) is 0 Å². The number of rotatable bonds is 9. The van der Waals surface area contributed by atoms with Crippen molar-refractivity contribution < 1.29 is 32.2 Å². The Morgan fingerprint density at radius 3 is 2.40 bits per heavy atom. The van der Waals surface area contributed by atoms with E-state index in [1.807, 2.05) is 6.92 Å². The first-order chi connectivity index (χ1) is 14.3. The predicted molar refractivity (Wildman–Crippen MR) is 105 cm³/mol. The van der Waals surface area contributed by atoms with Crippen molar-refractivity contribution in [1.29, 1.82) is 0 Å². The number of carbonyl (C=O) groups excluding carboxylic acids is 2. The molecular formula is C21H23F3N2O4. The van der Waals surface area contributed by atoms with Crippen LogP contribution in [0.3, 0.4) is 0 Å². The highest BCUT2D eigenvalue weighted by atomic mass is 19.2. The normalized spacial score (nSPS) is 10.5. The number of ether oxygens (including phenoxy) is 2. The second kappa shape index (κ2) is 10.5. The fourth-order valence-corrected chi connectivity index (χ4v) is 2.84. The van der Waals surface area contributed by atoms with Gasteiger partial charge in [-0.05, 0) is 36.8 Å². The Bertz CT molecular complexity index is 921. The Morgan fingerprint density at radius 2 is 1.77 bits per heavy atom. The van der Waals surface area contributed by atoms with E-state index in [2.05, 4.69) is 5.32 Å². The van der Waals surface area contributed by atoms with Crippen LogP contribution in [0.5, 0.6) is 11.5 Å². The zero-order valence-corrected chi connectivity index (χ0v) is 16.9. The van der Waals surface area contributed by atoms with Gasteiger partial charge >= 0.3 is 0 Å². The quantitative estimate of drug-likeness (QED) is 0.626. The molecule has 2 aromatic rings. The van der Waals surface area contributed by atoms with Crippen LogP contribution in [0.4, 0.5) is 18.9 Å². The molecule has 30 heavy (non-hydrogen) atoms. The van der Waals surface area contributed by atoms with Crippen molar-refractivity contribution in [1.82, 2.24) is 4.90 Å². The van der Waals surface area contributed by atoms with Crippen LogP contribution in [0.2, 0.25) is 0 Å². The van der Waals surface area contributed by atoms with Crippen LogP contribution < -0.4 is 14.8 Å². The zero-order valence-electron chi connectivity index (χ0n) is 16.9. The van der Waals surface area contributed by atoms with E-state index in [0.717, 1.165) is 6.07 Å². The van der Waals surface area contributed by atoms with Gasteiger partial charge < -0.3 is 19.7 Å². The summed E-state index contributed by atoms with van der Waals surface area (Å²) in [5.41, 5.74) is 0.0762. The monoisotopic (exact) mass is 424 g/mol. The second-order valence-corrected chi connectivity index (χ2v) is 6.44. The molecule has 0 fully saturated rings. The number of halogens is 3. The van der Waals surface area contributed by atoms with Gasteiger partial charge in [0.05, 0.1) is 32.9 Å². The Hall–Kier alpha value is -3.23. The SMILES string of the molecule is CCCN(CC(=O)Nc1ccc(F)c(F)c1F)C(=O)Cc1cc(OC)ccc1OC. The summed E-state index contributed by atoms with van der Waals surface area (Å²) >= 11 is 0. The highest BCUT2D eigenvalue weighted by molar-refractivity contribution is 5.95.